The highest BCUT2D eigenvalue weighted by atomic mass is 32.1. The highest BCUT2D eigenvalue weighted by Gasteiger charge is 2.31. The zero-order valence-electron chi connectivity index (χ0n) is 15.9. The van der Waals surface area contributed by atoms with E-state index in [0.29, 0.717) is 5.92 Å². The van der Waals surface area contributed by atoms with E-state index in [2.05, 4.69) is 23.3 Å². The maximum atomic E-state index is 13.1. The number of hydrogen-bond acceptors (Lipinski definition) is 3. The summed E-state index contributed by atoms with van der Waals surface area (Å²) in [6.07, 6.45) is 4.20. The molecule has 0 N–H and O–H groups in total. The molecule has 0 radical (unpaired) electrons. The molecule has 0 saturated carbocycles. The van der Waals surface area contributed by atoms with Gasteiger partial charge in [0, 0.05) is 18.0 Å². The van der Waals surface area contributed by atoms with Gasteiger partial charge in [0.1, 0.15) is 5.82 Å². The summed E-state index contributed by atoms with van der Waals surface area (Å²) >= 11 is 1.81. The van der Waals surface area contributed by atoms with E-state index in [4.69, 9.17) is 0 Å². The van der Waals surface area contributed by atoms with Crippen molar-refractivity contribution < 1.29 is 9.18 Å². The minimum absolute atomic E-state index is 0.0445. The maximum absolute atomic E-state index is 13.1. The van der Waals surface area contributed by atoms with Crippen LogP contribution in [0.4, 0.5) is 4.39 Å². The van der Waals surface area contributed by atoms with Gasteiger partial charge in [0.25, 0.3) is 0 Å². The summed E-state index contributed by atoms with van der Waals surface area (Å²) in [7, 11) is 0. The summed E-state index contributed by atoms with van der Waals surface area (Å²) in [5.74, 6) is 0.717. The molecule has 0 aliphatic carbocycles. The Labute approximate surface area is 164 Å². The fraction of sp³-hybridized carbons (Fsp3) is 0.500. The second-order valence-electron chi connectivity index (χ2n) is 7.86. The highest BCUT2D eigenvalue weighted by molar-refractivity contribution is 7.10. The molecular formula is C22H27FN2OS. The van der Waals surface area contributed by atoms with Crippen molar-refractivity contribution in [2.75, 3.05) is 19.6 Å². The van der Waals surface area contributed by atoms with Gasteiger partial charge in [-0.2, -0.15) is 0 Å². The average molecular weight is 387 g/mol. The molecule has 1 unspecified atom stereocenters. The molecule has 4 rings (SSSR count). The van der Waals surface area contributed by atoms with Gasteiger partial charge in [0.2, 0.25) is 5.91 Å². The van der Waals surface area contributed by atoms with Crippen molar-refractivity contribution in [3.05, 3.63) is 57.5 Å². The number of thiophene rings is 1. The van der Waals surface area contributed by atoms with Gasteiger partial charge in [-0.1, -0.05) is 12.1 Å². The predicted octanol–water partition coefficient (Wildman–Crippen LogP) is 4.12. The van der Waals surface area contributed by atoms with E-state index in [-0.39, 0.29) is 17.8 Å². The maximum Gasteiger partial charge on any atom is 0.239 e. The van der Waals surface area contributed by atoms with Crippen LogP contribution in [-0.2, 0) is 24.2 Å². The molecule has 3 heterocycles. The first kappa shape index (κ1) is 18.6. The van der Waals surface area contributed by atoms with E-state index in [1.165, 1.54) is 16.0 Å². The zero-order valence-corrected chi connectivity index (χ0v) is 16.7. The van der Waals surface area contributed by atoms with Crippen molar-refractivity contribution in [3.63, 3.8) is 0 Å². The number of hydrogen-bond donors (Lipinski definition) is 0. The summed E-state index contributed by atoms with van der Waals surface area (Å²) < 4.78 is 13.1. The molecule has 3 nitrogen and oxygen atoms in total. The fourth-order valence-electron chi connectivity index (χ4n) is 4.36. The average Bonchev–Trinajstić information content (AvgIpc) is 3.17. The van der Waals surface area contributed by atoms with E-state index in [0.717, 1.165) is 51.9 Å². The third-order valence-electron chi connectivity index (χ3n) is 6.11. The predicted molar refractivity (Wildman–Crippen MR) is 107 cm³/mol. The summed E-state index contributed by atoms with van der Waals surface area (Å²) in [4.78, 5) is 18.8. The van der Waals surface area contributed by atoms with Gasteiger partial charge in [-0.15, -0.1) is 11.3 Å². The van der Waals surface area contributed by atoms with Gasteiger partial charge in [-0.25, -0.2) is 4.39 Å². The molecule has 1 aromatic carbocycles. The molecule has 1 aromatic heterocycles. The van der Waals surface area contributed by atoms with Crippen LogP contribution in [0.15, 0.2) is 35.7 Å². The van der Waals surface area contributed by atoms with Crippen LogP contribution >= 0.6 is 11.3 Å². The lowest BCUT2D eigenvalue weighted by Gasteiger charge is -2.38. The smallest absolute Gasteiger partial charge is 0.239 e. The number of carbonyl (C=O) groups is 1. The number of nitrogens with zero attached hydrogens (tertiary/aromatic N) is 2. The Balaban J connectivity index is 1.28. The Morgan fingerprint density at radius 1 is 1.19 bits per heavy atom. The van der Waals surface area contributed by atoms with E-state index in [9.17, 15) is 9.18 Å². The fourth-order valence-corrected chi connectivity index (χ4v) is 5.24. The molecule has 144 valence electrons. The lowest BCUT2D eigenvalue weighted by molar-refractivity contribution is -0.138. The molecule has 1 amide bonds. The zero-order chi connectivity index (χ0) is 18.8. The summed E-state index contributed by atoms with van der Waals surface area (Å²) in [5, 5.41) is 2.13. The van der Waals surface area contributed by atoms with Crippen molar-refractivity contribution in [1.82, 2.24) is 9.80 Å². The first-order valence-corrected chi connectivity index (χ1v) is 10.8. The molecule has 2 aliphatic rings. The largest absolute Gasteiger partial charge is 0.337 e. The number of fused-ring (bicyclic) bond motifs is 1. The summed E-state index contributed by atoms with van der Waals surface area (Å²) in [5.41, 5.74) is 2.53. The van der Waals surface area contributed by atoms with Crippen LogP contribution in [0.1, 0.15) is 35.8 Å². The first-order valence-electron chi connectivity index (χ1n) is 9.92. The molecule has 1 fully saturated rings. The molecule has 0 bridgehead atoms. The molecule has 2 aliphatic heterocycles. The monoisotopic (exact) mass is 386 g/mol. The van der Waals surface area contributed by atoms with Crippen LogP contribution in [-0.4, -0.2) is 41.4 Å². The number of rotatable bonds is 4. The second-order valence-corrected chi connectivity index (χ2v) is 8.87. The Bertz CT molecular complexity index is 780. The quantitative estimate of drug-likeness (QED) is 0.789. The minimum atomic E-state index is -0.173. The van der Waals surface area contributed by atoms with E-state index in [1.54, 1.807) is 12.1 Å². The molecule has 0 spiro atoms. The number of piperidine rings is 1. The molecule has 1 saturated heterocycles. The third-order valence-corrected chi connectivity index (χ3v) is 7.13. The van der Waals surface area contributed by atoms with Crippen LogP contribution in [0.3, 0.4) is 0 Å². The summed E-state index contributed by atoms with van der Waals surface area (Å²) in [6, 6.07) is 8.99. The first-order chi connectivity index (χ1) is 13.1. The lowest BCUT2D eigenvalue weighted by atomic mass is 9.89. The normalized spacial score (nSPS) is 19.7. The van der Waals surface area contributed by atoms with Crippen LogP contribution in [0, 0.1) is 11.7 Å². The number of halogens is 1. The molecular weight excluding hydrogens is 359 g/mol. The van der Waals surface area contributed by atoms with Crippen LogP contribution in [0.25, 0.3) is 0 Å². The highest BCUT2D eigenvalue weighted by Crippen LogP contribution is 2.27. The Kier molecular flexibility index (Phi) is 5.60. The van der Waals surface area contributed by atoms with Crippen molar-refractivity contribution in [2.45, 2.75) is 45.2 Å². The number of amides is 1. The molecule has 1 atom stereocenters. The van der Waals surface area contributed by atoms with Crippen LogP contribution < -0.4 is 0 Å². The van der Waals surface area contributed by atoms with Crippen molar-refractivity contribution in [3.8, 4) is 0 Å². The van der Waals surface area contributed by atoms with Crippen LogP contribution in [0.5, 0.6) is 0 Å². The Morgan fingerprint density at radius 3 is 2.67 bits per heavy atom. The lowest BCUT2D eigenvalue weighted by Crippen LogP contribution is -2.50. The Hall–Kier alpha value is -1.72. The van der Waals surface area contributed by atoms with Gasteiger partial charge in [-0.3, -0.25) is 9.69 Å². The van der Waals surface area contributed by atoms with E-state index in [1.807, 2.05) is 28.4 Å². The summed E-state index contributed by atoms with van der Waals surface area (Å²) in [6.45, 7) is 5.61. The number of benzene rings is 1. The topological polar surface area (TPSA) is 23.6 Å². The van der Waals surface area contributed by atoms with E-state index < -0.39 is 0 Å². The van der Waals surface area contributed by atoms with Crippen LogP contribution in [0.2, 0.25) is 0 Å². The molecule has 5 heteroatoms. The third kappa shape index (κ3) is 4.25. The van der Waals surface area contributed by atoms with Gasteiger partial charge < -0.3 is 4.90 Å². The Morgan fingerprint density at radius 2 is 1.93 bits per heavy atom. The SMILES string of the molecule is CC(C(=O)N1CCc2sccc2C1)N1CCC(Cc2ccc(F)cc2)CC1. The second kappa shape index (κ2) is 8.11. The van der Waals surface area contributed by atoms with Crippen molar-refractivity contribution in [1.29, 1.82) is 0 Å². The minimum Gasteiger partial charge on any atom is -0.337 e. The van der Waals surface area contributed by atoms with Gasteiger partial charge >= 0.3 is 0 Å². The number of likely N-dealkylation sites (tertiary alicyclic amines) is 1. The van der Waals surface area contributed by atoms with Gasteiger partial charge in [0.15, 0.2) is 0 Å². The molecule has 27 heavy (non-hydrogen) atoms. The van der Waals surface area contributed by atoms with Gasteiger partial charge in [-0.05, 0) is 86.3 Å². The molecule has 2 aromatic rings. The van der Waals surface area contributed by atoms with Crippen molar-refractivity contribution in [2.24, 2.45) is 5.92 Å². The van der Waals surface area contributed by atoms with E-state index >= 15 is 0 Å². The van der Waals surface area contributed by atoms with Crippen molar-refractivity contribution >= 4 is 17.2 Å². The standard InChI is InChI=1S/C22H27FN2OS/c1-16(22(26)25-12-8-21-19(15-25)9-13-27-21)24-10-6-18(7-11-24)14-17-2-4-20(23)5-3-17/h2-5,9,13,16,18H,6-8,10-12,14-15H2,1H3. The number of carbonyl (C=O) groups excluding carboxylic acids is 1. The van der Waals surface area contributed by atoms with Gasteiger partial charge in [0.05, 0.1) is 6.04 Å².